The van der Waals surface area contributed by atoms with Crippen LogP contribution in [0.3, 0.4) is 0 Å². The highest BCUT2D eigenvalue weighted by molar-refractivity contribution is 5.50. The summed E-state index contributed by atoms with van der Waals surface area (Å²) in [6.07, 6.45) is 1.74. The first-order valence-electron chi connectivity index (χ1n) is 8.76. The van der Waals surface area contributed by atoms with Crippen molar-refractivity contribution in [3.05, 3.63) is 53.7 Å². The lowest BCUT2D eigenvalue weighted by Gasteiger charge is -2.20. The zero-order valence-corrected chi connectivity index (χ0v) is 14.9. The zero-order valence-electron chi connectivity index (χ0n) is 14.9. The highest BCUT2D eigenvalue weighted by atomic mass is 19.3. The van der Waals surface area contributed by atoms with E-state index in [0.717, 1.165) is 25.0 Å². The van der Waals surface area contributed by atoms with E-state index >= 15 is 0 Å². The Kier molecular flexibility index (Phi) is 5.38. The number of alkyl halides is 2. The van der Waals surface area contributed by atoms with Crippen LogP contribution in [0.15, 0.2) is 35.0 Å². The van der Waals surface area contributed by atoms with E-state index < -0.39 is 30.0 Å². The van der Waals surface area contributed by atoms with Crippen LogP contribution in [0.2, 0.25) is 0 Å². The maximum Gasteiger partial charge on any atom is 0.314 e. The quantitative estimate of drug-likeness (QED) is 0.561. The van der Waals surface area contributed by atoms with E-state index in [1.807, 2.05) is 0 Å². The predicted octanol–water partition coefficient (Wildman–Crippen LogP) is 4.07. The van der Waals surface area contributed by atoms with Crippen LogP contribution in [-0.2, 0) is 4.74 Å². The second kappa shape index (κ2) is 8.11. The number of halogens is 4. The average Bonchev–Trinajstić information content (AvgIpc) is 3.39. The number of nitrogens with zero attached hydrogens (tertiary/aromatic N) is 4. The lowest BCUT2D eigenvalue weighted by atomic mass is 10.1. The lowest BCUT2D eigenvalue weighted by Crippen LogP contribution is -2.20. The molecule has 7 nitrogen and oxygen atoms in total. The van der Waals surface area contributed by atoms with Crippen LogP contribution >= 0.6 is 0 Å². The lowest BCUT2D eigenvalue weighted by molar-refractivity contribution is 0.110. The summed E-state index contributed by atoms with van der Waals surface area (Å²) in [7, 11) is 0. The molecule has 1 N–H and O–H groups in total. The van der Waals surface area contributed by atoms with Crippen molar-refractivity contribution >= 4 is 5.95 Å². The number of aromatic nitrogens is 4. The van der Waals surface area contributed by atoms with Crippen molar-refractivity contribution in [2.75, 3.05) is 11.9 Å². The highest BCUT2D eigenvalue weighted by Gasteiger charge is 2.26. The van der Waals surface area contributed by atoms with E-state index in [-0.39, 0.29) is 35.7 Å². The summed E-state index contributed by atoms with van der Waals surface area (Å²) in [6.45, 7) is 0.139. The van der Waals surface area contributed by atoms with Crippen molar-refractivity contribution in [1.29, 1.82) is 0 Å². The molecule has 1 atom stereocenters. The zero-order chi connectivity index (χ0) is 20.4. The predicted molar refractivity (Wildman–Crippen MR) is 92.0 cm³/mol. The molecule has 0 amide bonds. The van der Waals surface area contributed by atoms with E-state index in [9.17, 15) is 17.6 Å². The van der Waals surface area contributed by atoms with Gasteiger partial charge in [-0.25, -0.2) is 18.7 Å². The molecule has 152 valence electrons. The van der Waals surface area contributed by atoms with Crippen LogP contribution in [0.4, 0.5) is 23.5 Å². The van der Waals surface area contributed by atoms with Gasteiger partial charge in [-0.3, -0.25) is 0 Å². The Balaban J connectivity index is 1.51. The highest BCUT2D eigenvalue weighted by Crippen LogP contribution is 2.28. The molecule has 0 aliphatic heterocycles. The second-order valence-corrected chi connectivity index (χ2v) is 6.44. The van der Waals surface area contributed by atoms with E-state index in [4.69, 9.17) is 9.15 Å². The Hall–Kier alpha value is -3.08. The number of hydrogen-bond acceptors (Lipinski definition) is 7. The summed E-state index contributed by atoms with van der Waals surface area (Å²) >= 11 is 0. The van der Waals surface area contributed by atoms with Gasteiger partial charge in [-0.1, -0.05) is 6.07 Å². The summed E-state index contributed by atoms with van der Waals surface area (Å²) in [5, 5.41) is 9.70. The molecule has 2 aromatic heterocycles. The maximum absolute atomic E-state index is 14.2. The topological polar surface area (TPSA) is 86.0 Å². The molecule has 1 saturated carbocycles. The van der Waals surface area contributed by atoms with Crippen LogP contribution in [0.5, 0.6) is 0 Å². The van der Waals surface area contributed by atoms with Gasteiger partial charge in [-0.15, -0.1) is 10.2 Å². The Morgan fingerprint density at radius 2 is 1.90 bits per heavy atom. The first-order chi connectivity index (χ1) is 14.0. The van der Waals surface area contributed by atoms with Gasteiger partial charge in [0.05, 0.1) is 24.3 Å². The minimum atomic E-state index is -2.88. The van der Waals surface area contributed by atoms with E-state index in [1.165, 1.54) is 18.5 Å². The summed E-state index contributed by atoms with van der Waals surface area (Å²) < 4.78 is 63.1. The van der Waals surface area contributed by atoms with Gasteiger partial charge in [0, 0.05) is 24.0 Å². The molecule has 1 unspecified atom stereocenters. The number of anilines is 1. The molecule has 1 aromatic carbocycles. The molecule has 1 aliphatic carbocycles. The fourth-order valence-electron chi connectivity index (χ4n) is 2.57. The molecular formula is C18H15F4N5O2. The fourth-order valence-corrected chi connectivity index (χ4v) is 2.57. The van der Waals surface area contributed by atoms with Crippen molar-refractivity contribution in [1.82, 2.24) is 20.2 Å². The van der Waals surface area contributed by atoms with E-state index in [1.54, 1.807) is 0 Å². The van der Waals surface area contributed by atoms with Crippen LogP contribution in [0, 0.1) is 11.6 Å². The number of hydrogen-bond donors (Lipinski definition) is 1. The molecule has 0 radical (unpaired) electrons. The van der Waals surface area contributed by atoms with Gasteiger partial charge in [0.15, 0.2) is 0 Å². The molecule has 3 aromatic rings. The summed E-state index contributed by atoms with van der Waals surface area (Å²) in [5.74, 6) is -2.22. The second-order valence-electron chi connectivity index (χ2n) is 6.44. The first-order valence-corrected chi connectivity index (χ1v) is 8.76. The first kappa shape index (κ1) is 19.2. The van der Waals surface area contributed by atoms with E-state index in [2.05, 4.69) is 25.5 Å². The normalized spacial score (nSPS) is 14.9. The van der Waals surface area contributed by atoms with Gasteiger partial charge in [0.2, 0.25) is 5.95 Å². The molecule has 4 rings (SSSR count). The monoisotopic (exact) mass is 409 g/mol. The summed E-state index contributed by atoms with van der Waals surface area (Å²) in [6, 6.07) is 2.62. The molecule has 0 spiro atoms. The smallest absolute Gasteiger partial charge is 0.314 e. The minimum absolute atomic E-state index is 0.132. The van der Waals surface area contributed by atoms with E-state index in [0.29, 0.717) is 0 Å². The van der Waals surface area contributed by atoms with Crippen molar-refractivity contribution in [2.24, 2.45) is 0 Å². The Morgan fingerprint density at radius 1 is 1.14 bits per heavy atom. The Morgan fingerprint density at radius 3 is 2.52 bits per heavy atom. The van der Waals surface area contributed by atoms with Crippen LogP contribution < -0.4 is 5.32 Å². The molecule has 29 heavy (non-hydrogen) atoms. The van der Waals surface area contributed by atoms with Crippen molar-refractivity contribution < 1.29 is 26.7 Å². The number of rotatable bonds is 8. The minimum Gasteiger partial charge on any atom is -0.415 e. The fraction of sp³-hybridized carbons (Fsp3) is 0.333. The van der Waals surface area contributed by atoms with Gasteiger partial charge < -0.3 is 14.5 Å². The van der Waals surface area contributed by atoms with Gasteiger partial charge >= 0.3 is 6.43 Å². The standard InChI is InChI=1S/C18H15F4N5O2/c19-10-1-4-12(13(20)5-10)14(8-28-11-2-3-11)25-18-23-6-9(7-24-18)16-26-27-17(29-16)15(21)22/h1,4-7,11,14-15H,2-3,8H2,(H,23,24,25). The average molecular weight is 409 g/mol. The number of nitrogens with one attached hydrogen (secondary N) is 1. The summed E-state index contributed by atoms with van der Waals surface area (Å²) in [5.41, 5.74) is 0.451. The summed E-state index contributed by atoms with van der Waals surface area (Å²) in [4.78, 5) is 8.15. The van der Waals surface area contributed by atoms with Gasteiger partial charge in [-0.05, 0) is 18.9 Å². The van der Waals surface area contributed by atoms with Crippen LogP contribution in [-0.4, -0.2) is 32.9 Å². The van der Waals surface area contributed by atoms with Gasteiger partial charge in [0.25, 0.3) is 11.8 Å². The largest absolute Gasteiger partial charge is 0.415 e. The van der Waals surface area contributed by atoms with Crippen molar-refractivity contribution in [3.8, 4) is 11.5 Å². The SMILES string of the molecule is Fc1ccc(C(COC2CC2)Nc2ncc(-c3nnc(C(F)F)o3)cn2)c(F)c1. The van der Waals surface area contributed by atoms with Gasteiger partial charge in [0.1, 0.15) is 11.6 Å². The molecule has 11 heteroatoms. The van der Waals surface area contributed by atoms with Crippen LogP contribution in [0.25, 0.3) is 11.5 Å². The third kappa shape index (κ3) is 4.67. The maximum atomic E-state index is 14.2. The van der Waals surface area contributed by atoms with Crippen LogP contribution in [0.1, 0.15) is 36.8 Å². The number of ether oxygens (including phenoxy) is 1. The Bertz CT molecular complexity index is 979. The Labute approximate surface area is 162 Å². The van der Waals surface area contributed by atoms with Crippen molar-refractivity contribution in [2.45, 2.75) is 31.4 Å². The van der Waals surface area contributed by atoms with Gasteiger partial charge in [-0.2, -0.15) is 8.78 Å². The molecule has 0 bridgehead atoms. The molecule has 1 fully saturated rings. The molecule has 1 aliphatic rings. The molecule has 2 heterocycles. The third-order valence-corrected chi connectivity index (χ3v) is 4.19. The molecular weight excluding hydrogens is 394 g/mol. The van der Waals surface area contributed by atoms with Crippen molar-refractivity contribution in [3.63, 3.8) is 0 Å². The third-order valence-electron chi connectivity index (χ3n) is 4.19. The molecule has 0 saturated heterocycles. The number of benzene rings is 1.